The molecule has 0 aromatic heterocycles. The smallest absolute Gasteiger partial charge is 0.227 e. The lowest BCUT2D eigenvalue weighted by molar-refractivity contribution is -0.131. The monoisotopic (exact) mass is 326 g/mol. The number of carbonyl (C=O) groups excluding carboxylic acids is 1. The van der Waals surface area contributed by atoms with Crippen molar-refractivity contribution in [2.75, 3.05) is 26.5 Å². The maximum Gasteiger partial charge on any atom is 0.227 e. The molecule has 1 aliphatic heterocycles. The Morgan fingerprint density at radius 3 is 2.64 bits per heavy atom. The third-order valence-corrected chi connectivity index (χ3v) is 4.43. The lowest BCUT2D eigenvalue weighted by atomic mass is 10.1. The summed E-state index contributed by atoms with van der Waals surface area (Å²) < 4.78 is 30.3. The molecule has 0 radical (unpaired) electrons. The zero-order valence-corrected chi connectivity index (χ0v) is 13.7. The molecule has 7 heteroatoms. The molecule has 0 saturated carbocycles. The number of rotatable bonds is 5. The van der Waals surface area contributed by atoms with Gasteiger partial charge in [0, 0.05) is 19.1 Å². The molecule has 0 spiro atoms. The van der Waals surface area contributed by atoms with E-state index in [4.69, 9.17) is 4.74 Å². The molecule has 1 aliphatic rings. The molecule has 0 aliphatic carbocycles. The minimum Gasteiger partial charge on any atom is -0.497 e. The first-order valence-corrected chi connectivity index (χ1v) is 9.14. The summed E-state index contributed by atoms with van der Waals surface area (Å²) in [6.45, 7) is 1.11. The Kier molecular flexibility index (Phi) is 5.42. The second kappa shape index (κ2) is 7.11. The first-order chi connectivity index (χ1) is 10.4. The highest BCUT2D eigenvalue weighted by Gasteiger charge is 2.25. The van der Waals surface area contributed by atoms with Gasteiger partial charge in [0.2, 0.25) is 15.9 Å². The van der Waals surface area contributed by atoms with Gasteiger partial charge in [0.05, 0.1) is 19.8 Å². The van der Waals surface area contributed by atoms with Crippen molar-refractivity contribution in [3.63, 3.8) is 0 Å². The average molecular weight is 326 g/mol. The largest absolute Gasteiger partial charge is 0.497 e. The summed E-state index contributed by atoms with van der Waals surface area (Å²) in [4.78, 5) is 14.1. The van der Waals surface area contributed by atoms with E-state index in [1.165, 1.54) is 0 Å². The van der Waals surface area contributed by atoms with Gasteiger partial charge >= 0.3 is 0 Å². The van der Waals surface area contributed by atoms with Gasteiger partial charge in [-0.15, -0.1) is 0 Å². The molecule has 0 bridgehead atoms. The third kappa shape index (κ3) is 4.99. The van der Waals surface area contributed by atoms with Crippen molar-refractivity contribution >= 4 is 15.9 Å². The standard InChI is InChI=1S/C15H22N2O4S/c1-21-14-7-5-12(6-8-14)10-15(18)17-9-3-4-13(11-17)16-22(2,19)20/h5-8,13,16H,3-4,9-11H2,1-2H3/t13-/m0/s1. The Labute approximate surface area is 131 Å². The highest BCUT2D eigenvalue weighted by atomic mass is 32.2. The Hall–Kier alpha value is -1.60. The summed E-state index contributed by atoms with van der Waals surface area (Å²) in [7, 11) is -1.64. The number of hydrogen-bond donors (Lipinski definition) is 1. The van der Waals surface area contributed by atoms with Crippen LogP contribution < -0.4 is 9.46 Å². The molecule has 122 valence electrons. The number of nitrogens with zero attached hydrogens (tertiary/aromatic N) is 1. The molecule has 22 heavy (non-hydrogen) atoms. The minimum absolute atomic E-state index is 0.0187. The highest BCUT2D eigenvalue weighted by Crippen LogP contribution is 2.15. The van der Waals surface area contributed by atoms with Crippen LogP contribution in [0.15, 0.2) is 24.3 Å². The Balaban J connectivity index is 1.93. The van der Waals surface area contributed by atoms with Crippen LogP contribution in [0.1, 0.15) is 18.4 Å². The number of sulfonamides is 1. The van der Waals surface area contributed by atoms with E-state index in [0.29, 0.717) is 19.5 Å². The zero-order chi connectivity index (χ0) is 16.2. The SMILES string of the molecule is COc1ccc(CC(=O)N2CCC[C@H](NS(C)(=O)=O)C2)cc1. The lowest BCUT2D eigenvalue weighted by Crippen LogP contribution is -2.49. The Bertz CT molecular complexity index is 613. The van der Waals surface area contributed by atoms with Crippen LogP contribution in [0.25, 0.3) is 0 Å². The molecule has 1 fully saturated rings. The summed E-state index contributed by atoms with van der Waals surface area (Å²) in [6, 6.07) is 7.20. The second-order valence-electron chi connectivity index (χ2n) is 5.59. The van der Waals surface area contributed by atoms with Crippen molar-refractivity contribution in [1.29, 1.82) is 0 Å². The second-order valence-corrected chi connectivity index (χ2v) is 7.37. The van der Waals surface area contributed by atoms with Crippen LogP contribution in [0.2, 0.25) is 0 Å². The number of nitrogens with one attached hydrogen (secondary N) is 1. The maximum absolute atomic E-state index is 12.4. The van der Waals surface area contributed by atoms with Gasteiger partial charge in [0.25, 0.3) is 0 Å². The van der Waals surface area contributed by atoms with Gasteiger partial charge in [-0.1, -0.05) is 12.1 Å². The van der Waals surface area contributed by atoms with Crippen LogP contribution in [-0.4, -0.2) is 51.7 Å². The molecule has 1 amide bonds. The van der Waals surface area contributed by atoms with Gasteiger partial charge in [-0.3, -0.25) is 4.79 Å². The average Bonchev–Trinajstić information content (AvgIpc) is 2.46. The molecular formula is C15H22N2O4S. The summed E-state index contributed by atoms with van der Waals surface area (Å²) in [6.07, 6.45) is 3.03. The predicted octanol–water partition coefficient (Wildman–Crippen LogP) is 0.778. The Morgan fingerprint density at radius 1 is 1.36 bits per heavy atom. The van der Waals surface area contributed by atoms with Crippen LogP contribution in [0.5, 0.6) is 5.75 Å². The molecule has 1 saturated heterocycles. The van der Waals surface area contributed by atoms with Crippen molar-refractivity contribution in [1.82, 2.24) is 9.62 Å². The number of benzene rings is 1. The molecule has 1 N–H and O–H groups in total. The molecule has 6 nitrogen and oxygen atoms in total. The fourth-order valence-electron chi connectivity index (χ4n) is 2.63. The van der Waals surface area contributed by atoms with Gasteiger partial charge in [0.1, 0.15) is 5.75 Å². The van der Waals surface area contributed by atoms with Crippen LogP contribution in [0, 0.1) is 0 Å². The third-order valence-electron chi connectivity index (χ3n) is 3.67. The molecule has 1 aromatic carbocycles. The van der Waals surface area contributed by atoms with E-state index in [2.05, 4.69) is 4.72 Å². The maximum atomic E-state index is 12.4. The summed E-state index contributed by atoms with van der Waals surface area (Å²) in [5.74, 6) is 0.775. The van der Waals surface area contributed by atoms with E-state index < -0.39 is 10.0 Å². The molecule has 1 heterocycles. The van der Waals surface area contributed by atoms with Gasteiger partial charge in [0.15, 0.2) is 0 Å². The van der Waals surface area contributed by atoms with Crippen LogP contribution in [-0.2, 0) is 21.2 Å². The fraction of sp³-hybridized carbons (Fsp3) is 0.533. The van der Waals surface area contributed by atoms with Crippen LogP contribution in [0.3, 0.4) is 0 Å². The normalized spacial score (nSPS) is 19.0. The quantitative estimate of drug-likeness (QED) is 0.867. The van der Waals surface area contributed by atoms with E-state index in [1.54, 1.807) is 12.0 Å². The lowest BCUT2D eigenvalue weighted by Gasteiger charge is -2.32. The fourth-order valence-corrected chi connectivity index (χ4v) is 3.43. The van der Waals surface area contributed by atoms with Crippen molar-refractivity contribution in [2.45, 2.75) is 25.3 Å². The van der Waals surface area contributed by atoms with Crippen molar-refractivity contribution in [3.8, 4) is 5.75 Å². The number of methoxy groups -OCH3 is 1. The van der Waals surface area contributed by atoms with E-state index in [-0.39, 0.29) is 11.9 Å². The van der Waals surface area contributed by atoms with Crippen molar-refractivity contribution < 1.29 is 17.9 Å². The van der Waals surface area contributed by atoms with Gasteiger partial charge < -0.3 is 9.64 Å². The van der Waals surface area contributed by atoms with Gasteiger partial charge in [-0.2, -0.15) is 0 Å². The van der Waals surface area contributed by atoms with E-state index >= 15 is 0 Å². The number of amides is 1. The van der Waals surface area contributed by atoms with Crippen molar-refractivity contribution in [2.24, 2.45) is 0 Å². The van der Waals surface area contributed by atoms with E-state index in [0.717, 1.165) is 30.4 Å². The van der Waals surface area contributed by atoms with Gasteiger partial charge in [-0.05, 0) is 30.5 Å². The molecule has 2 rings (SSSR count). The molecular weight excluding hydrogens is 304 g/mol. The predicted molar refractivity (Wildman–Crippen MR) is 84.3 cm³/mol. The number of ether oxygens (including phenoxy) is 1. The van der Waals surface area contributed by atoms with E-state index in [9.17, 15) is 13.2 Å². The highest BCUT2D eigenvalue weighted by molar-refractivity contribution is 7.88. The number of piperidine rings is 1. The molecule has 1 aromatic rings. The first kappa shape index (κ1) is 16.8. The molecule has 0 unspecified atom stereocenters. The van der Waals surface area contributed by atoms with Gasteiger partial charge in [-0.25, -0.2) is 13.1 Å². The van der Waals surface area contributed by atoms with E-state index in [1.807, 2.05) is 24.3 Å². The number of carbonyl (C=O) groups is 1. The number of hydrogen-bond acceptors (Lipinski definition) is 4. The summed E-state index contributed by atoms with van der Waals surface area (Å²) in [5, 5.41) is 0. The van der Waals surface area contributed by atoms with Crippen molar-refractivity contribution in [3.05, 3.63) is 29.8 Å². The minimum atomic E-state index is -3.24. The topological polar surface area (TPSA) is 75.7 Å². The summed E-state index contributed by atoms with van der Waals surface area (Å²) in [5.41, 5.74) is 0.920. The van der Waals surface area contributed by atoms with Crippen LogP contribution in [0.4, 0.5) is 0 Å². The number of likely N-dealkylation sites (tertiary alicyclic amines) is 1. The summed E-state index contributed by atoms with van der Waals surface area (Å²) >= 11 is 0. The first-order valence-electron chi connectivity index (χ1n) is 7.25. The zero-order valence-electron chi connectivity index (χ0n) is 12.9. The molecule has 1 atom stereocenters. The van der Waals surface area contributed by atoms with Crippen LogP contribution >= 0.6 is 0 Å². The Morgan fingerprint density at radius 2 is 2.05 bits per heavy atom.